The molecular formula is C13H20N2O2. The van der Waals surface area contributed by atoms with Crippen LogP contribution in [0.1, 0.15) is 61.9 Å². The topological polar surface area (TPSA) is 66.0 Å². The Hall–Kier alpha value is -1.32. The molecule has 1 saturated carbocycles. The van der Waals surface area contributed by atoms with Crippen molar-refractivity contribution in [2.45, 2.75) is 57.8 Å². The van der Waals surface area contributed by atoms with Crippen LogP contribution in [0.4, 0.5) is 0 Å². The number of rotatable bonds is 5. The molecule has 0 radical (unpaired) electrons. The van der Waals surface area contributed by atoms with Gasteiger partial charge in [0.2, 0.25) is 0 Å². The molecule has 0 aromatic carbocycles. The first-order valence-electron chi connectivity index (χ1n) is 6.50. The molecule has 2 rings (SSSR count). The SMILES string of the molecule is CCc1[nH]nc(C2CCCC2)c1CCC(=O)O. The second kappa shape index (κ2) is 5.34. The highest BCUT2D eigenvalue weighted by Crippen LogP contribution is 2.35. The zero-order valence-corrected chi connectivity index (χ0v) is 10.3. The molecule has 4 nitrogen and oxygen atoms in total. The van der Waals surface area contributed by atoms with Gasteiger partial charge in [-0.3, -0.25) is 9.89 Å². The normalized spacial score (nSPS) is 16.5. The number of nitrogens with zero attached hydrogens (tertiary/aromatic N) is 1. The van der Waals surface area contributed by atoms with Gasteiger partial charge in [0.25, 0.3) is 0 Å². The van der Waals surface area contributed by atoms with Crippen molar-refractivity contribution in [2.75, 3.05) is 0 Å². The largest absolute Gasteiger partial charge is 0.481 e. The van der Waals surface area contributed by atoms with Crippen LogP contribution in [0.25, 0.3) is 0 Å². The number of aliphatic carboxylic acids is 1. The summed E-state index contributed by atoms with van der Waals surface area (Å²) in [5.41, 5.74) is 3.43. The van der Waals surface area contributed by atoms with E-state index in [1.807, 2.05) is 0 Å². The molecule has 94 valence electrons. The Kier molecular flexibility index (Phi) is 3.82. The number of aromatic nitrogens is 2. The number of carboxylic acids is 1. The zero-order valence-electron chi connectivity index (χ0n) is 10.3. The van der Waals surface area contributed by atoms with Gasteiger partial charge in [-0.25, -0.2) is 0 Å². The fourth-order valence-electron chi connectivity index (χ4n) is 2.76. The van der Waals surface area contributed by atoms with E-state index in [-0.39, 0.29) is 6.42 Å². The Labute approximate surface area is 101 Å². The third-order valence-electron chi connectivity index (χ3n) is 3.67. The Bertz CT molecular complexity index is 392. The van der Waals surface area contributed by atoms with Gasteiger partial charge in [0.15, 0.2) is 0 Å². The third kappa shape index (κ3) is 2.68. The van der Waals surface area contributed by atoms with Crippen LogP contribution in [0.2, 0.25) is 0 Å². The molecule has 1 aromatic rings. The van der Waals surface area contributed by atoms with Crippen molar-refractivity contribution in [3.63, 3.8) is 0 Å². The fraction of sp³-hybridized carbons (Fsp3) is 0.692. The van der Waals surface area contributed by atoms with Crippen LogP contribution in [-0.2, 0) is 17.6 Å². The van der Waals surface area contributed by atoms with Gasteiger partial charge < -0.3 is 5.11 Å². The van der Waals surface area contributed by atoms with Gasteiger partial charge in [0, 0.05) is 18.0 Å². The van der Waals surface area contributed by atoms with Gasteiger partial charge in [0.05, 0.1) is 5.69 Å². The smallest absolute Gasteiger partial charge is 0.303 e. The van der Waals surface area contributed by atoms with Gasteiger partial charge in [-0.2, -0.15) is 5.10 Å². The van der Waals surface area contributed by atoms with Crippen LogP contribution >= 0.6 is 0 Å². The molecular weight excluding hydrogens is 216 g/mol. The summed E-state index contributed by atoms with van der Waals surface area (Å²) in [6.07, 6.45) is 6.67. The minimum absolute atomic E-state index is 0.201. The molecule has 1 aromatic heterocycles. The molecule has 0 atom stereocenters. The molecule has 4 heteroatoms. The Morgan fingerprint density at radius 2 is 2.18 bits per heavy atom. The highest BCUT2D eigenvalue weighted by molar-refractivity contribution is 5.67. The van der Waals surface area contributed by atoms with E-state index in [1.165, 1.54) is 31.2 Å². The van der Waals surface area contributed by atoms with Crippen LogP contribution in [0.3, 0.4) is 0 Å². The number of H-pyrrole nitrogens is 1. The lowest BCUT2D eigenvalue weighted by molar-refractivity contribution is -0.136. The molecule has 1 heterocycles. The van der Waals surface area contributed by atoms with Gasteiger partial charge in [-0.15, -0.1) is 0 Å². The fourth-order valence-corrected chi connectivity index (χ4v) is 2.76. The monoisotopic (exact) mass is 236 g/mol. The Morgan fingerprint density at radius 3 is 2.76 bits per heavy atom. The van der Waals surface area contributed by atoms with E-state index in [0.717, 1.165) is 17.8 Å². The number of aromatic amines is 1. The first kappa shape index (κ1) is 12.1. The molecule has 0 unspecified atom stereocenters. The molecule has 0 spiro atoms. The minimum Gasteiger partial charge on any atom is -0.481 e. The standard InChI is InChI=1S/C13H20N2O2/c1-2-11-10(7-8-12(16)17)13(15-14-11)9-5-3-4-6-9/h9H,2-8H2,1H3,(H,14,15)(H,16,17). The molecule has 1 aliphatic carbocycles. The van der Waals surface area contributed by atoms with E-state index in [0.29, 0.717) is 12.3 Å². The second-order valence-electron chi connectivity index (χ2n) is 4.79. The quantitative estimate of drug-likeness (QED) is 0.826. The van der Waals surface area contributed by atoms with Gasteiger partial charge >= 0.3 is 5.97 Å². The van der Waals surface area contributed by atoms with Crippen LogP contribution in [0, 0.1) is 0 Å². The average Bonchev–Trinajstić information content (AvgIpc) is 2.94. The Balaban J connectivity index is 2.18. The first-order chi connectivity index (χ1) is 8.22. The lowest BCUT2D eigenvalue weighted by atomic mass is 9.95. The van der Waals surface area contributed by atoms with Crippen LogP contribution in [0.15, 0.2) is 0 Å². The highest BCUT2D eigenvalue weighted by atomic mass is 16.4. The minimum atomic E-state index is -0.731. The van der Waals surface area contributed by atoms with Crippen molar-refractivity contribution < 1.29 is 9.90 Å². The molecule has 2 N–H and O–H groups in total. The van der Waals surface area contributed by atoms with E-state index >= 15 is 0 Å². The number of hydrogen-bond donors (Lipinski definition) is 2. The number of hydrogen-bond acceptors (Lipinski definition) is 2. The maximum Gasteiger partial charge on any atom is 0.303 e. The predicted octanol–water partition coefficient (Wildman–Crippen LogP) is 2.65. The lowest BCUT2D eigenvalue weighted by Crippen LogP contribution is -2.03. The summed E-state index contributed by atoms with van der Waals surface area (Å²) in [5.74, 6) is -0.180. The zero-order chi connectivity index (χ0) is 12.3. The Morgan fingerprint density at radius 1 is 1.47 bits per heavy atom. The van der Waals surface area contributed by atoms with Crippen LogP contribution in [0.5, 0.6) is 0 Å². The van der Waals surface area contributed by atoms with E-state index in [9.17, 15) is 4.79 Å². The second-order valence-corrected chi connectivity index (χ2v) is 4.79. The van der Waals surface area contributed by atoms with Crippen molar-refractivity contribution in [1.82, 2.24) is 10.2 Å². The average molecular weight is 236 g/mol. The summed E-state index contributed by atoms with van der Waals surface area (Å²) >= 11 is 0. The summed E-state index contributed by atoms with van der Waals surface area (Å²) in [5, 5.41) is 16.3. The molecule has 0 amide bonds. The van der Waals surface area contributed by atoms with Gasteiger partial charge in [0.1, 0.15) is 0 Å². The summed E-state index contributed by atoms with van der Waals surface area (Å²) in [7, 11) is 0. The first-order valence-corrected chi connectivity index (χ1v) is 6.50. The molecule has 0 saturated heterocycles. The predicted molar refractivity (Wildman–Crippen MR) is 65.1 cm³/mol. The molecule has 1 fully saturated rings. The lowest BCUT2D eigenvalue weighted by Gasteiger charge is -2.09. The van der Waals surface area contributed by atoms with E-state index in [2.05, 4.69) is 17.1 Å². The van der Waals surface area contributed by atoms with E-state index < -0.39 is 5.97 Å². The number of nitrogens with one attached hydrogen (secondary N) is 1. The number of carboxylic acid groups (broad SMARTS) is 1. The number of aryl methyl sites for hydroxylation is 1. The maximum atomic E-state index is 10.7. The summed E-state index contributed by atoms with van der Waals surface area (Å²) in [4.78, 5) is 10.7. The van der Waals surface area contributed by atoms with Crippen molar-refractivity contribution in [1.29, 1.82) is 0 Å². The molecule has 0 bridgehead atoms. The van der Waals surface area contributed by atoms with Crippen LogP contribution in [-0.4, -0.2) is 21.3 Å². The summed E-state index contributed by atoms with van der Waals surface area (Å²) in [6, 6.07) is 0. The van der Waals surface area contributed by atoms with Crippen molar-refractivity contribution >= 4 is 5.97 Å². The third-order valence-corrected chi connectivity index (χ3v) is 3.67. The van der Waals surface area contributed by atoms with Crippen molar-refractivity contribution in [3.05, 3.63) is 17.0 Å². The van der Waals surface area contributed by atoms with E-state index in [4.69, 9.17) is 5.11 Å². The van der Waals surface area contributed by atoms with Crippen molar-refractivity contribution in [3.8, 4) is 0 Å². The van der Waals surface area contributed by atoms with Gasteiger partial charge in [-0.05, 0) is 31.2 Å². The molecule has 0 aliphatic heterocycles. The van der Waals surface area contributed by atoms with Crippen molar-refractivity contribution in [2.24, 2.45) is 0 Å². The van der Waals surface area contributed by atoms with Crippen LogP contribution < -0.4 is 0 Å². The summed E-state index contributed by atoms with van der Waals surface area (Å²) in [6.45, 7) is 2.08. The molecule has 17 heavy (non-hydrogen) atoms. The van der Waals surface area contributed by atoms with E-state index in [1.54, 1.807) is 0 Å². The van der Waals surface area contributed by atoms with Gasteiger partial charge in [-0.1, -0.05) is 19.8 Å². The highest BCUT2D eigenvalue weighted by Gasteiger charge is 2.24. The number of carbonyl (C=O) groups is 1. The maximum absolute atomic E-state index is 10.7. The summed E-state index contributed by atoms with van der Waals surface area (Å²) < 4.78 is 0. The molecule has 1 aliphatic rings.